The van der Waals surface area contributed by atoms with Gasteiger partial charge in [-0.2, -0.15) is 0 Å². The number of fused-ring (bicyclic) bond motifs is 3. The van der Waals surface area contributed by atoms with Gasteiger partial charge in [0.25, 0.3) is 0 Å². The predicted molar refractivity (Wildman–Crippen MR) is 84.1 cm³/mol. The molecule has 4 nitrogen and oxygen atoms in total. The van der Waals surface area contributed by atoms with Gasteiger partial charge in [-0.25, -0.2) is 9.97 Å². The Balaban J connectivity index is 2.05. The molecule has 0 radical (unpaired) electrons. The highest BCUT2D eigenvalue weighted by molar-refractivity contribution is 7.13. The van der Waals surface area contributed by atoms with E-state index < -0.39 is 0 Å². The number of aromatic nitrogens is 3. The first kappa shape index (κ1) is 11.7. The first-order chi connectivity index (χ1) is 9.72. The van der Waals surface area contributed by atoms with Crippen LogP contribution < -0.4 is 5.73 Å². The van der Waals surface area contributed by atoms with Gasteiger partial charge in [-0.3, -0.25) is 0 Å². The van der Waals surface area contributed by atoms with Crippen molar-refractivity contribution in [2.24, 2.45) is 0 Å². The molecule has 0 spiro atoms. The third-order valence-corrected chi connectivity index (χ3v) is 4.25. The Bertz CT molecular complexity index is 941. The highest BCUT2D eigenvalue weighted by Gasteiger charge is 2.10. The average molecular weight is 301 g/mol. The molecule has 0 atom stereocenters. The van der Waals surface area contributed by atoms with Crippen molar-refractivity contribution in [2.45, 2.75) is 0 Å². The Morgan fingerprint density at radius 3 is 2.95 bits per heavy atom. The van der Waals surface area contributed by atoms with Gasteiger partial charge in [0.15, 0.2) is 5.13 Å². The van der Waals surface area contributed by atoms with Gasteiger partial charge in [-0.15, -0.1) is 11.3 Å². The number of nitrogen functional groups attached to an aromatic ring is 1. The van der Waals surface area contributed by atoms with Crippen LogP contribution in [0.3, 0.4) is 0 Å². The molecule has 4 rings (SSSR count). The molecule has 98 valence electrons. The van der Waals surface area contributed by atoms with E-state index in [1.807, 2.05) is 17.5 Å². The van der Waals surface area contributed by atoms with Gasteiger partial charge in [-0.05, 0) is 18.2 Å². The molecular weight excluding hydrogens is 292 g/mol. The zero-order chi connectivity index (χ0) is 13.7. The molecule has 0 saturated carbocycles. The summed E-state index contributed by atoms with van der Waals surface area (Å²) in [6, 6.07) is 7.89. The normalized spacial score (nSPS) is 11.4. The van der Waals surface area contributed by atoms with Crippen LogP contribution in [0.5, 0.6) is 0 Å². The van der Waals surface area contributed by atoms with Crippen molar-refractivity contribution in [2.75, 3.05) is 5.73 Å². The maximum atomic E-state index is 6.29. The SMILES string of the molecule is Nc1nc(-c2ccc3[nH]c4nccc(Cl)c4c3c2)cs1. The van der Waals surface area contributed by atoms with Gasteiger partial charge in [0.1, 0.15) is 5.65 Å². The van der Waals surface area contributed by atoms with Crippen LogP contribution in [0.1, 0.15) is 0 Å². The van der Waals surface area contributed by atoms with Crippen LogP contribution in [0.4, 0.5) is 5.13 Å². The Kier molecular flexibility index (Phi) is 2.45. The lowest BCUT2D eigenvalue weighted by Crippen LogP contribution is -1.83. The molecule has 0 aliphatic heterocycles. The first-order valence-corrected chi connectivity index (χ1v) is 7.25. The summed E-state index contributed by atoms with van der Waals surface area (Å²) in [5.74, 6) is 0. The lowest BCUT2D eigenvalue weighted by molar-refractivity contribution is 1.35. The van der Waals surface area contributed by atoms with E-state index in [4.69, 9.17) is 17.3 Å². The second kappa shape index (κ2) is 4.19. The number of hydrogen-bond donors (Lipinski definition) is 2. The number of nitrogens with one attached hydrogen (secondary N) is 1. The molecule has 0 bridgehead atoms. The van der Waals surface area contributed by atoms with Crippen LogP contribution in [0.25, 0.3) is 33.2 Å². The second-order valence-electron chi connectivity index (χ2n) is 4.47. The molecule has 0 saturated heterocycles. The second-order valence-corrected chi connectivity index (χ2v) is 5.77. The molecule has 0 aliphatic carbocycles. The topological polar surface area (TPSA) is 67.6 Å². The highest BCUT2D eigenvalue weighted by Crippen LogP contribution is 2.33. The summed E-state index contributed by atoms with van der Waals surface area (Å²) in [4.78, 5) is 11.9. The maximum absolute atomic E-state index is 6.29. The van der Waals surface area contributed by atoms with Crippen molar-refractivity contribution in [3.8, 4) is 11.3 Å². The van der Waals surface area contributed by atoms with E-state index in [1.54, 1.807) is 12.3 Å². The van der Waals surface area contributed by atoms with Crippen molar-refractivity contribution in [1.82, 2.24) is 15.0 Å². The molecule has 3 heterocycles. The third kappa shape index (κ3) is 1.67. The van der Waals surface area contributed by atoms with Crippen LogP contribution >= 0.6 is 22.9 Å². The van der Waals surface area contributed by atoms with Crippen LogP contribution in [0, 0.1) is 0 Å². The Morgan fingerprint density at radius 1 is 1.25 bits per heavy atom. The zero-order valence-corrected chi connectivity index (χ0v) is 11.8. The van der Waals surface area contributed by atoms with E-state index in [1.165, 1.54) is 11.3 Å². The van der Waals surface area contributed by atoms with Crippen molar-refractivity contribution in [3.05, 3.63) is 40.9 Å². The van der Waals surface area contributed by atoms with E-state index in [0.29, 0.717) is 10.2 Å². The first-order valence-electron chi connectivity index (χ1n) is 6.00. The van der Waals surface area contributed by atoms with E-state index in [0.717, 1.165) is 33.2 Å². The highest BCUT2D eigenvalue weighted by atomic mass is 35.5. The Hall–Kier alpha value is -2.11. The van der Waals surface area contributed by atoms with Crippen molar-refractivity contribution >= 4 is 50.0 Å². The molecule has 0 unspecified atom stereocenters. The molecule has 0 amide bonds. The Labute approximate surface area is 123 Å². The number of H-pyrrole nitrogens is 1. The van der Waals surface area contributed by atoms with Gasteiger partial charge >= 0.3 is 0 Å². The maximum Gasteiger partial charge on any atom is 0.180 e. The van der Waals surface area contributed by atoms with Crippen molar-refractivity contribution in [1.29, 1.82) is 0 Å². The summed E-state index contributed by atoms with van der Waals surface area (Å²) < 4.78 is 0. The number of aromatic amines is 1. The number of hydrogen-bond acceptors (Lipinski definition) is 4. The van der Waals surface area contributed by atoms with Gasteiger partial charge in [-0.1, -0.05) is 17.7 Å². The number of thiazole rings is 1. The summed E-state index contributed by atoms with van der Waals surface area (Å²) in [6.07, 6.45) is 1.70. The minimum Gasteiger partial charge on any atom is -0.375 e. The van der Waals surface area contributed by atoms with Crippen LogP contribution in [-0.2, 0) is 0 Å². The summed E-state index contributed by atoms with van der Waals surface area (Å²) in [7, 11) is 0. The smallest absolute Gasteiger partial charge is 0.180 e. The molecular formula is C14H9ClN4S. The predicted octanol–water partition coefficient (Wildman–Crippen LogP) is 4.08. The summed E-state index contributed by atoms with van der Waals surface area (Å²) >= 11 is 7.72. The van der Waals surface area contributed by atoms with E-state index >= 15 is 0 Å². The molecule has 3 aromatic heterocycles. The van der Waals surface area contributed by atoms with Gasteiger partial charge in [0, 0.05) is 33.4 Å². The average Bonchev–Trinajstić information content (AvgIpc) is 3.02. The molecule has 1 aromatic carbocycles. The van der Waals surface area contributed by atoms with Gasteiger partial charge < -0.3 is 10.7 Å². The number of halogens is 1. The molecule has 6 heteroatoms. The number of rotatable bonds is 1. The van der Waals surface area contributed by atoms with Crippen molar-refractivity contribution < 1.29 is 0 Å². The van der Waals surface area contributed by atoms with E-state index in [9.17, 15) is 0 Å². The largest absolute Gasteiger partial charge is 0.375 e. The zero-order valence-electron chi connectivity index (χ0n) is 10.2. The van der Waals surface area contributed by atoms with Crippen molar-refractivity contribution in [3.63, 3.8) is 0 Å². The molecule has 20 heavy (non-hydrogen) atoms. The van der Waals surface area contributed by atoms with Gasteiger partial charge in [0.2, 0.25) is 0 Å². The number of nitrogens with two attached hydrogens (primary N) is 1. The fourth-order valence-electron chi connectivity index (χ4n) is 2.36. The number of pyridine rings is 1. The van der Waals surface area contributed by atoms with E-state index in [-0.39, 0.29) is 0 Å². The molecule has 3 N–H and O–H groups in total. The summed E-state index contributed by atoms with van der Waals surface area (Å²) in [6.45, 7) is 0. The monoisotopic (exact) mass is 300 g/mol. The van der Waals surface area contributed by atoms with Gasteiger partial charge in [0.05, 0.1) is 10.7 Å². The summed E-state index contributed by atoms with van der Waals surface area (Å²) in [5.41, 5.74) is 9.39. The minimum atomic E-state index is 0.568. The minimum absolute atomic E-state index is 0.568. The standard InChI is InChI=1S/C14H9ClN4S/c15-9-3-4-17-13-12(9)8-5-7(1-2-10(8)18-13)11-6-20-14(16)19-11/h1-6H,(H2,16,19)(H,17,18). The lowest BCUT2D eigenvalue weighted by atomic mass is 10.1. The summed E-state index contributed by atoms with van der Waals surface area (Å²) in [5, 5.41) is 5.19. The van der Waals surface area contributed by atoms with Crippen LogP contribution in [-0.4, -0.2) is 15.0 Å². The molecule has 4 aromatic rings. The van der Waals surface area contributed by atoms with E-state index in [2.05, 4.69) is 21.0 Å². The fraction of sp³-hybridized carbons (Fsp3) is 0. The number of benzene rings is 1. The number of anilines is 1. The molecule has 0 fully saturated rings. The van der Waals surface area contributed by atoms with Crippen LogP contribution in [0.2, 0.25) is 5.02 Å². The quantitative estimate of drug-likeness (QED) is 0.556. The van der Waals surface area contributed by atoms with Crippen LogP contribution in [0.15, 0.2) is 35.8 Å². The fourth-order valence-corrected chi connectivity index (χ4v) is 3.18. The number of nitrogens with zero attached hydrogens (tertiary/aromatic N) is 2. The Morgan fingerprint density at radius 2 is 2.15 bits per heavy atom. The third-order valence-electron chi connectivity index (χ3n) is 3.26. The molecule has 0 aliphatic rings. The lowest BCUT2D eigenvalue weighted by Gasteiger charge is -1.98.